The molecule has 102 valence electrons. The number of nitrogens with one attached hydrogen (secondary N) is 1. The van der Waals surface area contributed by atoms with Crippen LogP contribution in [0, 0.1) is 18.8 Å². The van der Waals surface area contributed by atoms with Crippen LogP contribution in [-0.4, -0.2) is 12.5 Å². The lowest BCUT2D eigenvalue weighted by molar-refractivity contribution is 0.0996. The highest BCUT2D eigenvalue weighted by Crippen LogP contribution is 2.20. The molecule has 3 N–H and O–H groups in total. The SMILES string of the molecule is Cc1ccoc1C(=O)Nc1ccc(Cl)c(C#CCN)c1. The molecule has 0 spiro atoms. The Morgan fingerprint density at radius 1 is 1.45 bits per heavy atom. The fraction of sp³-hybridized carbons (Fsp3) is 0.133. The average molecular weight is 289 g/mol. The maximum atomic E-state index is 12.0. The number of furan rings is 1. The zero-order valence-electron chi connectivity index (χ0n) is 10.9. The van der Waals surface area contributed by atoms with Crippen molar-refractivity contribution in [1.29, 1.82) is 0 Å². The fourth-order valence-electron chi connectivity index (χ4n) is 1.64. The van der Waals surface area contributed by atoms with Crippen molar-refractivity contribution in [3.05, 3.63) is 52.4 Å². The second kappa shape index (κ2) is 6.29. The Balaban J connectivity index is 2.22. The Morgan fingerprint density at radius 2 is 2.25 bits per heavy atom. The molecule has 0 bridgehead atoms. The molecule has 1 heterocycles. The average Bonchev–Trinajstić information content (AvgIpc) is 2.85. The monoisotopic (exact) mass is 288 g/mol. The van der Waals surface area contributed by atoms with Gasteiger partial charge in [0, 0.05) is 16.8 Å². The van der Waals surface area contributed by atoms with E-state index in [9.17, 15) is 4.79 Å². The van der Waals surface area contributed by atoms with Crippen LogP contribution in [-0.2, 0) is 0 Å². The van der Waals surface area contributed by atoms with E-state index in [-0.39, 0.29) is 18.2 Å². The first-order valence-corrected chi connectivity index (χ1v) is 6.33. The van der Waals surface area contributed by atoms with Gasteiger partial charge >= 0.3 is 0 Å². The Kier molecular flexibility index (Phi) is 4.46. The predicted octanol–water partition coefficient (Wildman–Crippen LogP) is 2.80. The first-order valence-electron chi connectivity index (χ1n) is 5.95. The Morgan fingerprint density at radius 3 is 2.90 bits per heavy atom. The lowest BCUT2D eigenvalue weighted by Gasteiger charge is -2.05. The minimum Gasteiger partial charge on any atom is -0.459 e. The molecule has 0 aliphatic carbocycles. The topological polar surface area (TPSA) is 68.3 Å². The molecule has 1 amide bonds. The smallest absolute Gasteiger partial charge is 0.291 e. The molecule has 20 heavy (non-hydrogen) atoms. The second-order valence-electron chi connectivity index (χ2n) is 4.09. The van der Waals surface area contributed by atoms with Gasteiger partial charge in [-0.3, -0.25) is 4.79 Å². The zero-order valence-corrected chi connectivity index (χ0v) is 11.6. The van der Waals surface area contributed by atoms with Gasteiger partial charge in [-0.2, -0.15) is 0 Å². The standard InChI is InChI=1S/C15H13ClN2O2/c1-10-6-8-20-14(10)15(19)18-12-4-5-13(16)11(9-12)3-2-7-17/h4-6,8-9H,7,17H2,1H3,(H,18,19). The number of anilines is 1. The van der Waals surface area contributed by atoms with Gasteiger partial charge in [-0.25, -0.2) is 0 Å². The van der Waals surface area contributed by atoms with Crippen molar-refractivity contribution in [2.24, 2.45) is 5.73 Å². The number of amides is 1. The summed E-state index contributed by atoms with van der Waals surface area (Å²) < 4.78 is 5.13. The molecule has 5 heteroatoms. The number of hydrogen-bond acceptors (Lipinski definition) is 3. The van der Waals surface area contributed by atoms with Crippen LogP contribution in [0.15, 0.2) is 34.9 Å². The normalized spacial score (nSPS) is 9.75. The lowest BCUT2D eigenvalue weighted by atomic mass is 10.2. The first kappa shape index (κ1) is 14.2. The van der Waals surface area contributed by atoms with E-state index in [2.05, 4.69) is 17.2 Å². The maximum absolute atomic E-state index is 12.0. The van der Waals surface area contributed by atoms with E-state index in [0.717, 1.165) is 5.56 Å². The van der Waals surface area contributed by atoms with Crippen molar-refractivity contribution in [1.82, 2.24) is 0 Å². The van der Waals surface area contributed by atoms with Crippen LogP contribution in [0.3, 0.4) is 0 Å². The van der Waals surface area contributed by atoms with Crippen molar-refractivity contribution in [3.8, 4) is 11.8 Å². The number of carbonyl (C=O) groups is 1. The third kappa shape index (κ3) is 3.21. The fourth-order valence-corrected chi connectivity index (χ4v) is 1.80. The minimum atomic E-state index is -0.312. The van der Waals surface area contributed by atoms with Gasteiger partial charge in [0.05, 0.1) is 17.8 Å². The van der Waals surface area contributed by atoms with E-state index in [0.29, 0.717) is 16.3 Å². The van der Waals surface area contributed by atoms with Crippen LogP contribution in [0.25, 0.3) is 0 Å². The third-order valence-electron chi connectivity index (χ3n) is 2.62. The summed E-state index contributed by atoms with van der Waals surface area (Å²) in [5.41, 5.74) is 7.32. The summed E-state index contributed by atoms with van der Waals surface area (Å²) in [4.78, 5) is 12.0. The van der Waals surface area contributed by atoms with Crippen LogP contribution >= 0.6 is 11.6 Å². The molecular formula is C15H13ClN2O2. The number of carbonyl (C=O) groups excluding carboxylic acids is 1. The molecule has 0 unspecified atom stereocenters. The highest BCUT2D eigenvalue weighted by atomic mass is 35.5. The molecule has 0 aliphatic heterocycles. The van der Waals surface area contributed by atoms with Crippen LogP contribution in [0.4, 0.5) is 5.69 Å². The molecule has 0 saturated carbocycles. The van der Waals surface area contributed by atoms with E-state index < -0.39 is 0 Å². The summed E-state index contributed by atoms with van der Waals surface area (Å²) in [5, 5.41) is 3.25. The minimum absolute atomic E-state index is 0.249. The molecule has 2 aromatic rings. The number of nitrogens with two attached hydrogens (primary N) is 1. The zero-order chi connectivity index (χ0) is 14.5. The molecule has 2 rings (SSSR count). The molecule has 4 nitrogen and oxygen atoms in total. The largest absolute Gasteiger partial charge is 0.459 e. The van der Waals surface area contributed by atoms with Gasteiger partial charge in [-0.15, -0.1) is 0 Å². The van der Waals surface area contributed by atoms with Crippen molar-refractivity contribution < 1.29 is 9.21 Å². The van der Waals surface area contributed by atoms with E-state index in [4.69, 9.17) is 21.8 Å². The third-order valence-corrected chi connectivity index (χ3v) is 2.95. The number of hydrogen-bond donors (Lipinski definition) is 2. The molecule has 0 atom stereocenters. The Labute approximate surface area is 121 Å². The summed E-state index contributed by atoms with van der Waals surface area (Å²) in [6, 6.07) is 6.80. The van der Waals surface area contributed by atoms with Crippen LogP contribution in [0.2, 0.25) is 5.02 Å². The van der Waals surface area contributed by atoms with Crippen LogP contribution in [0.5, 0.6) is 0 Å². The Hall–Kier alpha value is -2.22. The van der Waals surface area contributed by atoms with Gasteiger partial charge in [0.25, 0.3) is 5.91 Å². The molecule has 0 saturated heterocycles. The first-order chi connectivity index (χ1) is 9.61. The van der Waals surface area contributed by atoms with E-state index in [1.165, 1.54) is 6.26 Å². The van der Waals surface area contributed by atoms with Gasteiger partial charge in [0.1, 0.15) is 0 Å². The van der Waals surface area contributed by atoms with Gasteiger partial charge in [0.15, 0.2) is 5.76 Å². The van der Waals surface area contributed by atoms with Gasteiger partial charge in [-0.1, -0.05) is 23.4 Å². The summed E-state index contributed by atoms with van der Waals surface area (Å²) in [6.45, 7) is 2.05. The van der Waals surface area contributed by atoms with Crippen molar-refractivity contribution in [3.63, 3.8) is 0 Å². The molecule has 1 aromatic heterocycles. The predicted molar refractivity (Wildman–Crippen MR) is 78.8 cm³/mol. The van der Waals surface area contributed by atoms with Gasteiger partial charge < -0.3 is 15.5 Å². The number of benzene rings is 1. The summed E-state index contributed by atoms with van der Waals surface area (Å²) in [7, 11) is 0. The quantitative estimate of drug-likeness (QED) is 0.835. The maximum Gasteiger partial charge on any atom is 0.291 e. The number of aryl methyl sites for hydroxylation is 1. The van der Waals surface area contributed by atoms with Gasteiger partial charge in [-0.05, 0) is 31.2 Å². The Bertz CT molecular complexity index is 695. The highest BCUT2D eigenvalue weighted by molar-refractivity contribution is 6.31. The van der Waals surface area contributed by atoms with Crippen LogP contribution in [0.1, 0.15) is 21.7 Å². The molecule has 0 fully saturated rings. The lowest BCUT2D eigenvalue weighted by Crippen LogP contribution is -2.12. The van der Waals surface area contributed by atoms with Gasteiger partial charge in [0.2, 0.25) is 0 Å². The second-order valence-corrected chi connectivity index (χ2v) is 4.49. The highest BCUT2D eigenvalue weighted by Gasteiger charge is 2.13. The molecule has 0 radical (unpaired) electrons. The number of halogens is 1. The van der Waals surface area contributed by atoms with Crippen molar-refractivity contribution in [2.75, 3.05) is 11.9 Å². The molecule has 1 aromatic carbocycles. The summed E-state index contributed by atoms with van der Waals surface area (Å²) in [5.74, 6) is 5.55. The van der Waals surface area contributed by atoms with Crippen LogP contribution < -0.4 is 11.1 Å². The van der Waals surface area contributed by atoms with E-state index >= 15 is 0 Å². The van der Waals surface area contributed by atoms with Crippen molar-refractivity contribution >= 4 is 23.2 Å². The molecule has 0 aliphatic rings. The summed E-state index contributed by atoms with van der Waals surface area (Å²) in [6.07, 6.45) is 1.48. The summed E-state index contributed by atoms with van der Waals surface area (Å²) >= 11 is 6.02. The number of rotatable bonds is 2. The van der Waals surface area contributed by atoms with Crippen molar-refractivity contribution in [2.45, 2.75) is 6.92 Å². The molecular weight excluding hydrogens is 276 g/mol. The van der Waals surface area contributed by atoms with E-state index in [1.54, 1.807) is 31.2 Å². The van der Waals surface area contributed by atoms with E-state index in [1.807, 2.05) is 0 Å².